The van der Waals surface area contributed by atoms with Crippen molar-refractivity contribution in [1.29, 1.82) is 0 Å². The molecule has 2 rings (SSSR count). The van der Waals surface area contributed by atoms with Crippen LogP contribution in [0.4, 0.5) is 0 Å². The molecule has 1 heterocycles. The number of carbonyl (C=O) groups is 2. The standard InChI is InChI=1S/C18H22N2O4S/c1-11(2)24-14-6-4-13(5-7-14)18-20-15(10-25-18)17(23)19-9-12(3)8-16(21)22/h4-7,10-12H,8-9H2,1-3H3,(H,19,23)(H,21,22). The van der Waals surface area contributed by atoms with Crippen molar-refractivity contribution in [1.82, 2.24) is 10.3 Å². The summed E-state index contributed by atoms with van der Waals surface area (Å²) in [5, 5.41) is 13.9. The van der Waals surface area contributed by atoms with E-state index in [1.54, 1.807) is 12.3 Å². The van der Waals surface area contributed by atoms with Crippen LogP contribution in [0.15, 0.2) is 29.6 Å². The highest BCUT2D eigenvalue weighted by Crippen LogP contribution is 2.26. The fraction of sp³-hybridized carbons (Fsp3) is 0.389. The number of carboxylic acid groups (broad SMARTS) is 1. The van der Waals surface area contributed by atoms with E-state index in [2.05, 4.69) is 10.3 Å². The molecule has 0 bridgehead atoms. The molecule has 1 aromatic heterocycles. The Hall–Kier alpha value is -2.41. The molecule has 25 heavy (non-hydrogen) atoms. The van der Waals surface area contributed by atoms with Crippen molar-refractivity contribution in [2.45, 2.75) is 33.3 Å². The van der Waals surface area contributed by atoms with Crippen LogP contribution >= 0.6 is 11.3 Å². The molecule has 134 valence electrons. The smallest absolute Gasteiger partial charge is 0.303 e. The summed E-state index contributed by atoms with van der Waals surface area (Å²) in [7, 11) is 0. The van der Waals surface area contributed by atoms with Gasteiger partial charge in [-0.25, -0.2) is 4.98 Å². The monoisotopic (exact) mass is 362 g/mol. The number of carboxylic acids is 1. The third-order valence-corrected chi connectivity index (χ3v) is 4.24. The zero-order valence-corrected chi connectivity index (χ0v) is 15.3. The van der Waals surface area contributed by atoms with Crippen LogP contribution in [0.25, 0.3) is 10.6 Å². The number of hydrogen-bond acceptors (Lipinski definition) is 5. The van der Waals surface area contributed by atoms with Crippen LogP contribution in [0.1, 0.15) is 37.7 Å². The fourth-order valence-corrected chi connectivity index (χ4v) is 2.99. The SMILES string of the molecule is CC(CNC(=O)c1csc(-c2ccc(OC(C)C)cc2)n1)CC(=O)O. The van der Waals surface area contributed by atoms with E-state index < -0.39 is 5.97 Å². The second-order valence-electron chi connectivity index (χ2n) is 6.14. The molecule has 7 heteroatoms. The van der Waals surface area contributed by atoms with Crippen molar-refractivity contribution in [3.05, 3.63) is 35.3 Å². The maximum Gasteiger partial charge on any atom is 0.303 e. The van der Waals surface area contributed by atoms with Gasteiger partial charge in [0.2, 0.25) is 0 Å². The number of amides is 1. The van der Waals surface area contributed by atoms with Crippen molar-refractivity contribution in [2.75, 3.05) is 6.54 Å². The van der Waals surface area contributed by atoms with Gasteiger partial charge in [-0.05, 0) is 44.0 Å². The van der Waals surface area contributed by atoms with Gasteiger partial charge in [0.1, 0.15) is 16.5 Å². The maximum absolute atomic E-state index is 12.1. The maximum atomic E-state index is 12.1. The molecule has 2 N–H and O–H groups in total. The van der Waals surface area contributed by atoms with Crippen molar-refractivity contribution in [3.63, 3.8) is 0 Å². The van der Waals surface area contributed by atoms with Crippen molar-refractivity contribution in [2.24, 2.45) is 5.92 Å². The van der Waals surface area contributed by atoms with E-state index in [9.17, 15) is 9.59 Å². The Balaban J connectivity index is 1.97. The molecule has 0 aliphatic heterocycles. The van der Waals surface area contributed by atoms with E-state index in [0.717, 1.165) is 16.3 Å². The molecule has 1 atom stereocenters. The number of rotatable bonds is 8. The van der Waals surface area contributed by atoms with E-state index in [1.807, 2.05) is 38.1 Å². The number of hydrogen-bond donors (Lipinski definition) is 2. The van der Waals surface area contributed by atoms with Crippen LogP contribution in [0.3, 0.4) is 0 Å². The number of benzene rings is 1. The molecular formula is C18H22N2O4S. The van der Waals surface area contributed by atoms with Crippen molar-refractivity contribution in [3.8, 4) is 16.3 Å². The summed E-state index contributed by atoms with van der Waals surface area (Å²) >= 11 is 1.39. The first-order valence-electron chi connectivity index (χ1n) is 8.07. The van der Waals surface area contributed by atoms with Crippen LogP contribution in [-0.2, 0) is 4.79 Å². The largest absolute Gasteiger partial charge is 0.491 e. The van der Waals surface area contributed by atoms with E-state index >= 15 is 0 Å². The van der Waals surface area contributed by atoms with E-state index in [0.29, 0.717) is 12.2 Å². The first kappa shape index (κ1) is 18.9. The van der Waals surface area contributed by atoms with E-state index in [1.165, 1.54) is 11.3 Å². The lowest BCUT2D eigenvalue weighted by Crippen LogP contribution is -2.29. The Morgan fingerprint density at radius 2 is 1.92 bits per heavy atom. The van der Waals surface area contributed by atoms with Gasteiger partial charge in [0.15, 0.2) is 0 Å². The molecule has 0 fully saturated rings. The minimum absolute atomic E-state index is 0.0212. The molecule has 2 aromatic rings. The highest BCUT2D eigenvalue weighted by molar-refractivity contribution is 7.13. The van der Waals surface area contributed by atoms with Crippen molar-refractivity contribution >= 4 is 23.2 Å². The summed E-state index contributed by atoms with van der Waals surface area (Å²) < 4.78 is 5.61. The molecule has 0 spiro atoms. The van der Waals surface area contributed by atoms with Crippen LogP contribution in [0.2, 0.25) is 0 Å². The lowest BCUT2D eigenvalue weighted by Gasteiger charge is -2.09. The number of ether oxygens (including phenoxy) is 1. The number of nitrogens with zero attached hydrogens (tertiary/aromatic N) is 1. The zero-order valence-electron chi connectivity index (χ0n) is 14.5. The molecule has 0 saturated carbocycles. The zero-order chi connectivity index (χ0) is 18.4. The molecule has 1 aromatic carbocycles. The van der Waals surface area contributed by atoms with Gasteiger partial charge in [0, 0.05) is 23.9 Å². The molecule has 0 saturated heterocycles. The highest BCUT2D eigenvalue weighted by Gasteiger charge is 2.14. The quantitative estimate of drug-likeness (QED) is 0.751. The van der Waals surface area contributed by atoms with Gasteiger partial charge in [0.25, 0.3) is 5.91 Å². The Morgan fingerprint density at radius 3 is 2.52 bits per heavy atom. The van der Waals surface area contributed by atoms with Gasteiger partial charge in [0.05, 0.1) is 6.10 Å². The van der Waals surface area contributed by atoms with Gasteiger partial charge < -0.3 is 15.2 Å². The lowest BCUT2D eigenvalue weighted by atomic mass is 10.1. The third kappa shape index (κ3) is 5.86. The first-order chi connectivity index (χ1) is 11.8. The van der Waals surface area contributed by atoms with Crippen LogP contribution in [0.5, 0.6) is 5.75 Å². The first-order valence-corrected chi connectivity index (χ1v) is 8.95. The Morgan fingerprint density at radius 1 is 1.24 bits per heavy atom. The molecule has 0 aliphatic rings. The Kier molecular flexibility index (Phi) is 6.52. The summed E-state index contributed by atoms with van der Waals surface area (Å²) in [4.78, 5) is 27.1. The third-order valence-electron chi connectivity index (χ3n) is 3.34. The average molecular weight is 362 g/mol. The number of carbonyl (C=O) groups excluding carboxylic acids is 1. The lowest BCUT2D eigenvalue weighted by molar-refractivity contribution is -0.137. The Bertz CT molecular complexity index is 725. The second kappa shape index (κ2) is 8.62. The molecule has 1 amide bonds. The summed E-state index contributed by atoms with van der Waals surface area (Å²) in [6.45, 7) is 6.02. The number of aromatic nitrogens is 1. The predicted octanol–water partition coefficient (Wildman–Crippen LogP) is 3.44. The number of thiazole rings is 1. The second-order valence-corrected chi connectivity index (χ2v) is 7.00. The molecule has 6 nitrogen and oxygen atoms in total. The normalized spacial score (nSPS) is 12.0. The highest BCUT2D eigenvalue weighted by atomic mass is 32.1. The van der Waals surface area contributed by atoms with Gasteiger partial charge in [-0.15, -0.1) is 11.3 Å². The van der Waals surface area contributed by atoms with Gasteiger partial charge >= 0.3 is 5.97 Å². The van der Waals surface area contributed by atoms with Gasteiger partial charge in [-0.1, -0.05) is 6.92 Å². The van der Waals surface area contributed by atoms with E-state index in [-0.39, 0.29) is 24.3 Å². The van der Waals surface area contributed by atoms with Crippen LogP contribution < -0.4 is 10.1 Å². The molecular weight excluding hydrogens is 340 g/mol. The summed E-state index contributed by atoms with van der Waals surface area (Å²) in [6, 6.07) is 7.58. The molecule has 0 aliphatic carbocycles. The summed E-state index contributed by atoms with van der Waals surface area (Å²) in [5.41, 5.74) is 1.25. The van der Waals surface area contributed by atoms with E-state index in [4.69, 9.17) is 9.84 Å². The summed E-state index contributed by atoms with van der Waals surface area (Å²) in [6.07, 6.45) is 0.137. The number of aliphatic carboxylic acids is 1. The molecule has 0 radical (unpaired) electrons. The van der Waals surface area contributed by atoms with Gasteiger partial charge in [-0.2, -0.15) is 0 Å². The minimum Gasteiger partial charge on any atom is -0.491 e. The molecule has 1 unspecified atom stereocenters. The number of nitrogens with one attached hydrogen (secondary N) is 1. The van der Waals surface area contributed by atoms with Crippen molar-refractivity contribution < 1.29 is 19.4 Å². The van der Waals surface area contributed by atoms with Crippen LogP contribution in [0, 0.1) is 5.92 Å². The van der Waals surface area contributed by atoms with Gasteiger partial charge in [-0.3, -0.25) is 9.59 Å². The topological polar surface area (TPSA) is 88.5 Å². The van der Waals surface area contributed by atoms with Crippen LogP contribution in [-0.4, -0.2) is 34.6 Å². The average Bonchev–Trinajstić information content (AvgIpc) is 3.02. The Labute approximate surface area is 150 Å². The minimum atomic E-state index is -0.873. The predicted molar refractivity (Wildman–Crippen MR) is 97.1 cm³/mol. The summed E-state index contributed by atoms with van der Waals surface area (Å²) in [5.74, 6) is -0.504. The fourth-order valence-electron chi connectivity index (χ4n) is 2.19.